The average Bonchev–Trinajstić information content (AvgIpc) is 2.67. The second-order valence-corrected chi connectivity index (χ2v) is 9.07. The molecule has 27 heavy (non-hydrogen) atoms. The van der Waals surface area contributed by atoms with Gasteiger partial charge >= 0.3 is 0 Å². The number of amides is 1. The van der Waals surface area contributed by atoms with Crippen molar-refractivity contribution in [2.24, 2.45) is 11.1 Å². The van der Waals surface area contributed by atoms with Gasteiger partial charge in [0.15, 0.2) is 0 Å². The molecule has 2 fully saturated rings. The van der Waals surface area contributed by atoms with Gasteiger partial charge in [-0.25, -0.2) is 13.6 Å². The summed E-state index contributed by atoms with van der Waals surface area (Å²) in [5.41, 5.74) is 0.241. The van der Waals surface area contributed by atoms with Crippen LogP contribution in [0.4, 0.5) is 0 Å². The Bertz CT molecular complexity index is 767. The van der Waals surface area contributed by atoms with E-state index in [0.29, 0.717) is 18.8 Å². The van der Waals surface area contributed by atoms with E-state index in [0.717, 1.165) is 25.6 Å². The number of methoxy groups -OCH3 is 1. The molecule has 1 aliphatic carbocycles. The zero-order valence-electron chi connectivity index (χ0n) is 15.9. The topological polar surface area (TPSA) is 92.9 Å². The number of sulfonamides is 1. The Kier molecular flexibility index (Phi) is 6.39. The van der Waals surface area contributed by atoms with E-state index in [9.17, 15) is 13.2 Å². The summed E-state index contributed by atoms with van der Waals surface area (Å²) in [7, 11) is -2.41. The molecule has 0 spiro atoms. The second-order valence-electron chi connectivity index (χ2n) is 7.50. The zero-order chi connectivity index (χ0) is 19.4. The molecule has 1 aromatic rings. The van der Waals surface area contributed by atoms with Crippen LogP contribution in [0.15, 0.2) is 23.1 Å². The number of nitrogens with two attached hydrogens (primary N) is 1. The summed E-state index contributed by atoms with van der Waals surface area (Å²) < 4.78 is 28.5. The number of ether oxygens (including phenoxy) is 1. The van der Waals surface area contributed by atoms with Crippen LogP contribution >= 0.6 is 0 Å². The number of rotatable bonds is 5. The number of benzene rings is 1. The van der Waals surface area contributed by atoms with E-state index >= 15 is 0 Å². The Balaban J connectivity index is 1.65. The van der Waals surface area contributed by atoms with Crippen molar-refractivity contribution in [3.63, 3.8) is 0 Å². The van der Waals surface area contributed by atoms with Gasteiger partial charge in [0.2, 0.25) is 10.0 Å². The Hall–Kier alpha value is -1.64. The number of nitrogens with zero attached hydrogens (tertiary/aromatic N) is 2. The maximum atomic E-state index is 12.9. The summed E-state index contributed by atoms with van der Waals surface area (Å²) in [4.78, 5) is 17.1. The molecular formula is C19H29N3O4S. The van der Waals surface area contributed by atoms with Crippen molar-refractivity contribution in [3.8, 4) is 5.75 Å². The third kappa shape index (κ3) is 5.00. The molecule has 0 bridgehead atoms. The first-order valence-electron chi connectivity index (χ1n) is 9.61. The zero-order valence-corrected chi connectivity index (χ0v) is 16.7. The highest BCUT2D eigenvalue weighted by atomic mass is 32.2. The standard InChI is InChI=1S/C19H29N3O4S/c1-26-18-8-7-16(27(20,24)25)13-17(18)19(23)22-11-9-21(10-12-22)14-15-5-3-2-4-6-15/h7-8,13,15H,2-6,9-12,14H2,1H3,(H2,20,24,25). The lowest BCUT2D eigenvalue weighted by molar-refractivity contribution is 0.0603. The Morgan fingerprint density at radius 3 is 2.41 bits per heavy atom. The third-order valence-corrected chi connectivity index (χ3v) is 6.54. The molecule has 150 valence electrons. The molecule has 1 heterocycles. The monoisotopic (exact) mass is 395 g/mol. The highest BCUT2D eigenvalue weighted by molar-refractivity contribution is 7.89. The molecule has 1 saturated carbocycles. The fourth-order valence-corrected chi connectivity index (χ4v) is 4.61. The molecule has 1 amide bonds. The van der Waals surface area contributed by atoms with Crippen LogP contribution in [0, 0.1) is 5.92 Å². The van der Waals surface area contributed by atoms with Gasteiger partial charge in [-0.2, -0.15) is 0 Å². The molecule has 2 N–H and O–H groups in total. The minimum absolute atomic E-state index is 0.0809. The molecule has 3 rings (SSSR count). The number of hydrogen-bond acceptors (Lipinski definition) is 5. The van der Waals surface area contributed by atoms with Crippen molar-refractivity contribution in [3.05, 3.63) is 23.8 Å². The summed E-state index contributed by atoms with van der Waals surface area (Å²) in [6.07, 6.45) is 6.66. The van der Waals surface area contributed by atoms with Crippen LogP contribution in [0.2, 0.25) is 0 Å². The number of hydrogen-bond donors (Lipinski definition) is 1. The number of carbonyl (C=O) groups excluding carboxylic acids is 1. The number of piperazine rings is 1. The first kappa shape index (κ1) is 20.1. The maximum absolute atomic E-state index is 12.9. The van der Waals surface area contributed by atoms with Crippen molar-refractivity contribution in [1.29, 1.82) is 0 Å². The normalized spacial score (nSPS) is 19.9. The van der Waals surface area contributed by atoms with Crippen LogP contribution in [0.5, 0.6) is 5.75 Å². The lowest BCUT2D eigenvalue weighted by atomic mass is 9.89. The Morgan fingerprint density at radius 2 is 1.81 bits per heavy atom. The predicted octanol–water partition coefficient (Wildman–Crippen LogP) is 1.68. The molecule has 0 radical (unpaired) electrons. The molecular weight excluding hydrogens is 366 g/mol. The van der Waals surface area contributed by atoms with E-state index in [1.165, 1.54) is 57.4 Å². The maximum Gasteiger partial charge on any atom is 0.257 e. The first-order chi connectivity index (χ1) is 12.9. The van der Waals surface area contributed by atoms with Crippen LogP contribution in [-0.2, 0) is 10.0 Å². The fraction of sp³-hybridized carbons (Fsp3) is 0.632. The largest absolute Gasteiger partial charge is 0.496 e. The molecule has 1 aromatic carbocycles. The van der Waals surface area contributed by atoms with Gasteiger partial charge in [0.05, 0.1) is 17.6 Å². The van der Waals surface area contributed by atoms with Gasteiger partial charge < -0.3 is 9.64 Å². The highest BCUT2D eigenvalue weighted by Crippen LogP contribution is 2.26. The smallest absolute Gasteiger partial charge is 0.257 e. The SMILES string of the molecule is COc1ccc(S(N)(=O)=O)cc1C(=O)N1CCN(CC2CCCCC2)CC1. The third-order valence-electron chi connectivity index (χ3n) is 5.63. The van der Waals surface area contributed by atoms with Crippen LogP contribution < -0.4 is 9.88 Å². The van der Waals surface area contributed by atoms with E-state index in [1.54, 1.807) is 4.90 Å². The van der Waals surface area contributed by atoms with E-state index in [1.807, 2.05) is 0 Å². The number of carbonyl (C=O) groups is 1. The van der Waals surface area contributed by atoms with E-state index in [4.69, 9.17) is 9.88 Å². The molecule has 0 aromatic heterocycles. The summed E-state index contributed by atoms with van der Waals surface area (Å²) >= 11 is 0. The van der Waals surface area contributed by atoms with Crippen molar-refractivity contribution < 1.29 is 17.9 Å². The summed E-state index contributed by atoms with van der Waals surface area (Å²) in [5.74, 6) is 0.930. The average molecular weight is 396 g/mol. The molecule has 8 heteroatoms. The minimum Gasteiger partial charge on any atom is -0.496 e. The molecule has 1 aliphatic heterocycles. The quantitative estimate of drug-likeness (QED) is 0.819. The van der Waals surface area contributed by atoms with Gasteiger partial charge in [-0.05, 0) is 37.0 Å². The molecule has 0 atom stereocenters. The van der Waals surface area contributed by atoms with E-state index in [-0.39, 0.29) is 16.4 Å². The van der Waals surface area contributed by atoms with Gasteiger partial charge in [0.1, 0.15) is 5.75 Å². The van der Waals surface area contributed by atoms with Crippen molar-refractivity contribution in [2.45, 2.75) is 37.0 Å². The lowest BCUT2D eigenvalue weighted by Crippen LogP contribution is -2.50. The van der Waals surface area contributed by atoms with E-state index < -0.39 is 10.0 Å². The van der Waals surface area contributed by atoms with Crippen molar-refractivity contribution in [2.75, 3.05) is 39.8 Å². The van der Waals surface area contributed by atoms with Crippen molar-refractivity contribution >= 4 is 15.9 Å². The fourth-order valence-electron chi connectivity index (χ4n) is 4.07. The van der Waals surface area contributed by atoms with Gasteiger partial charge in [0, 0.05) is 32.7 Å². The molecule has 0 unspecified atom stereocenters. The molecule has 2 aliphatic rings. The minimum atomic E-state index is -3.87. The Morgan fingerprint density at radius 1 is 1.15 bits per heavy atom. The van der Waals surface area contributed by atoms with Crippen LogP contribution in [0.3, 0.4) is 0 Å². The lowest BCUT2D eigenvalue weighted by Gasteiger charge is -2.37. The second kappa shape index (κ2) is 8.58. The van der Waals surface area contributed by atoms with Gasteiger partial charge in [-0.3, -0.25) is 9.69 Å². The highest BCUT2D eigenvalue weighted by Gasteiger charge is 2.27. The Labute approximate surface area is 161 Å². The van der Waals surface area contributed by atoms with Crippen LogP contribution in [0.1, 0.15) is 42.5 Å². The predicted molar refractivity (Wildman–Crippen MR) is 103 cm³/mol. The van der Waals surface area contributed by atoms with Gasteiger partial charge in [-0.1, -0.05) is 19.3 Å². The molecule has 1 saturated heterocycles. The van der Waals surface area contributed by atoms with Crippen LogP contribution in [0.25, 0.3) is 0 Å². The van der Waals surface area contributed by atoms with E-state index in [2.05, 4.69) is 4.90 Å². The first-order valence-corrected chi connectivity index (χ1v) is 11.2. The summed E-state index contributed by atoms with van der Waals surface area (Å²) in [5, 5.41) is 5.20. The van der Waals surface area contributed by atoms with Crippen molar-refractivity contribution in [1.82, 2.24) is 9.80 Å². The van der Waals surface area contributed by atoms with Crippen LogP contribution in [-0.4, -0.2) is 64.0 Å². The summed E-state index contributed by atoms with van der Waals surface area (Å²) in [6.45, 7) is 4.08. The number of primary sulfonamides is 1. The summed E-state index contributed by atoms with van der Waals surface area (Å²) in [6, 6.07) is 4.14. The molecule has 7 nitrogen and oxygen atoms in total. The van der Waals surface area contributed by atoms with Gasteiger partial charge in [0.25, 0.3) is 5.91 Å². The van der Waals surface area contributed by atoms with Gasteiger partial charge in [-0.15, -0.1) is 0 Å².